The van der Waals surface area contributed by atoms with E-state index in [9.17, 15) is 8.42 Å². The molecular formula is C10H15NO3S. The highest BCUT2D eigenvalue weighted by atomic mass is 32.2. The van der Waals surface area contributed by atoms with Crippen LogP contribution in [-0.2, 0) is 20.3 Å². The molecule has 0 aliphatic heterocycles. The van der Waals surface area contributed by atoms with Gasteiger partial charge in [0.15, 0.2) is 9.84 Å². The van der Waals surface area contributed by atoms with E-state index in [1.807, 2.05) is 0 Å². The predicted molar refractivity (Wildman–Crippen MR) is 60.2 cm³/mol. The van der Waals surface area contributed by atoms with E-state index >= 15 is 0 Å². The van der Waals surface area contributed by atoms with Gasteiger partial charge in [0.1, 0.15) is 0 Å². The fourth-order valence-corrected chi connectivity index (χ4v) is 2.49. The topological polar surface area (TPSA) is 69.4 Å². The van der Waals surface area contributed by atoms with Crippen molar-refractivity contribution in [2.24, 2.45) is 0 Å². The number of hydrogen-bond donors (Lipinski definition) is 1. The summed E-state index contributed by atoms with van der Waals surface area (Å²) in [6.07, 6.45) is 0. The summed E-state index contributed by atoms with van der Waals surface area (Å²) in [5.74, 6) is 0.000861. The Kier molecular flexibility index (Phi) is 4.11. The molecule has 0 radical (unpaired) electrons. The van der Waals surface area contributed by atoms with E-state index < -0.39 is 9.84 Å². The highest BCUT2D eigenvalue weighted by Crippen LogP contribution is 2.14. The Morgan fingerprint density at radius 1 is 1.33 bits per heavy atom. The third-order valence-corrected chi connectivity index (χ3v) is 3.57. The number of nitrogens with two attached hydrogens (primary N) is 1. The zero-order chi connectivity index (χ0) is 11.3. The SMILES string of the molecule is COCCS(=O)(=O)Cc1ccccc1N. The van der Waals surface area contributed by atoms with Crippen molar-refractivity contribution in [2.75, 3.05) is 25.2 Å². The molecule has 0 unspecified atom stereocenters. The molecule has 0 heterocycles. The Labute approximate surface area is 90.0 Å². The van der Waals surface area contributed by atoms with Gasteiger partial charge in [-0.15, -0.1) is 0 Å². The molecule has 0 amide bonds. The van der Waals surface area contributed by atoms with E-state index in [0.29, 0.717) is 11.3 Å². The number of rotatable bonds is 5. The number of sulfone groups is 1. The number of hydrogen-bond acceptors (Lipinski definition) is 4. The molecule has 0 spiro atoms. The van der Waals surface area contributed by atoms with E-state index in [4.69, 9.17) is 10.5 Å². The molecule has 0 atom stereocenters. The van der Waals surface area contributed by atoms with Crippen LogP contribution in [0.1, 0.15) is 5.56 Å². The summed E-state index contributed by atoms with van der Waals surface area (Å²) in [5.41, 5.74) is 6.82. The Bertz CT molecular complexity index is 414. The van der Waals surface area contributed by atoms with Crippen LogP contribution >= 0.6 is 0 Å². The summed E-state index contributed by atoms with van der Waals surface area (Å²) in [6, 6.07) is 6.97. The van der Waals surface area contributed by atoms with Crippen molar-refractivity contribution >= 4 is 15.5 Å². The van der Waals surface area contributed by atoms with Crippen LogP contribution in [0.3, 0.4) is 0 Å². The summed E-state index contributed by atoms with van der Waals surface area (Å²) in [6.45, 7) is 0.217. The second-order valence-corrected chi connectivity index (χ2v) is 5.47. The minimum absolute atomic E-state index is 0.0248. The molecule has 5 heteroatoms. The lowest BCUT2D eigenvalue weighted by atomic mass is 10.2. The van der Waals surface area contributed by atoms with Gasteiger partial charge in [0.05, 0.1) is 18.1 Å². The van der Waals surface area contributed by atoms with Gasteiger partial charge in [-0.1, -0.05) is 18.2 Å². The normalized spacial score (nSPS) is 11.5. The molecule has 0 aliphatic carbocycles. The highest BCUT2D eigenvalue weighted by Gasteiger charge is 2.12. The fourth-order valence-electron chi connectivity index (χ4n) is 1.19. The number of anilines is 1. The van der Waals surface area contributed by atoms with Gasteiger partial charge in [0.25, 0.3) is 0 Å². The Morgan fingerprint density at radius 3 is 2.60 bits per heavy atom. The van der Waals surface area contributed by atoms with Crippen molar-refractivity contribution in [3.8, 4) is 0 Å². The Hall–Kier alpha value is -1.07. The molecule has 0 aliphatic rings. The first-order valence-corrected chi connectivity index (χ1v) is 6.40. The second kappa shape index (κ2) is 5.14. The lowest BCUT2D eigenvalue weighted by Gasteiger charge is -2.06. The van der Waals surface area contributed by atoms with Crippen LogP contribution in [0.2, 0.25) is 0 Å². The Morgan fingerprint density at radius 2 is 2.00 bits per heavy atom. The largest absolute Gasteiger partial charge is 0.398 e. The van der Waals surface area contributed by atoms with Gasteiger partial charge in [-0.05, 0) is 11.6 Å². The monoisotopic (exact) mass is 229 g/mol. The van der Waals surface area contributed by atoms with E-state index in [2.05, 4.69) is 0 Å². The molecular weight excluding hydrogens is 214 g/mol. The van der Waals surface area contributed by atoms with Gasteiger partial charge in [-0.25, -0.2) is 8.42 Å². The molecule has 1 rings (SSSR count). The summed E-state index contributed by atoms with van der Waals surface area (Å²) < 4.78 is 27.9. The molecule has 0 saturated heterocycles. The van der Waals surface area contributed by atoms with Crippen molar-refractivity contribution in [3.63, 3.8) is 0 Å². The zero-order valence-electron chi connectivity index (χ0n) is 8.64. The van der Waals surface area contributed by atoms with Gasteiger partial charge in [0.2, 0.25) is 0 Å². The number of methoxy groups -OCH3 is 1. The van der Waals surface area contributed by atoms with Crippen molar-refractivity contribution in [2.45, 2.75) is 5.75 Å². The number of ether oxygens (including phenoxy) is 1. The van der Waals surface area contributed by atoms with Crippen molar-refractivity contribution in [1.82, 2.24) is 0 Å². The zero-order valence-corrected chi connectivity index (χ0v) is 9.46. The molecule has 0 aromatic heterocycles. The van der Waals surface area contributed by atoms with Gasteiger partial charge in [-0.3, -0.25) is 0 Å². The summed E-state index contributed by atoms with van der Waals surface area (Å²) in [4.78, 5) is 0. The van der Waals surface area contributed by atoms with E-state index in [1.165, 1.54) is 7.11 Å². The van der Waals surface area contributed by atoms with Gasteiger partial charge in [-0.2, -0.15) is 0 Å². The minimum Gasteiger partial charge on any atom is -0.398 e. The molecule has 4 nitrogen and oxygen atoms in total. The van der Waals surface area contributed by atoms with E-state index in [-0.39, 0.29) is 18.1 Å². The van der Waals surface area contributed by atoms with Crippen LogP contribution < -0.4 is 5.73 Å². The molecule has 0 bridgehead atoms. The van der Waals surface area contributed by atoms with Crippen LogP contribution in [0, 0.1) is 0 Å². The maximum atomic E-state index is 11.6. The van der Waals surface area contributed by atoms with E-state index in [1.54, 1.807) is 24.3 Å². The van der Waals surface area contributed by atoms with Crippen LogP contribution in [0.25, 0.3) is 0 Å². The maximum absolute atomic E-state index is 11.6. The first-order chi connectivity index (χ1) is 7.05. The van der Waals surface area contributed by atoms with Crippen molar-refractivity contribution in [1.29, 1.82) is 0 Å². The van der Waals surface area contributed by atoms with Crippen LogP contribution in [-0.4, -0.2) is 27.9 Å². The number of nitrogen functional groups attached to an aromatic ring is 1. The quantitative estimate of drug-likeness (QED) is 0.759. The lowest BCUT2D eigenvalue weighted by molar-refractivity contribution is 0.217. The third kappa shape index (κ3) is 3.89. The first-order valence-electron chi connectivity index (χ1n) is 4.58. The van der Waals surface area contributed by atoms with Crippen LogP contribution in [0.15, 0.2) is 24.3 Å². The standard InChI is InChI=1S/C10H15NO3S/c1-14-6-7-15(12,13)8-9-4-2-3-5-10(9)11/h2-5H,6-8,11H2,1H3. The average molecular weight is 229 g/mol. The molecule has 0 fully saturated rings. The predicted octanol–water partition coefficient (Wildman–Crippen LogP) is 0.830. The smallest absolute Gasteiger partial charge is 0.156 e. The van der Waals surface area contributed by atoms with Crippen LogP contribution in [0.5, 0.6) is 0 Å². The maximum Gasteiger partial charge on any atom is 0.156 e. The van der Waals surface area contributed by atoms with Gasteiger partial charge >= 0.3 is 0 Å². The fraction of sp³-hybridized carbons (Fsp3) is 0.400. The number of benzene rings is 1. The van der Waals surface area contributed by atoms with Crippen LogP contribution in [0.4, 0.5) is 5.69 Å². The summed E-state index contributed by atoms with van der Waals surface area (Å²) in [7, 11) is -1.65. The van der Waals surface area contributed by atoms with Crippen molar-refractivity contribution < 1.29 is 13.2 Å². The average Bonchev–Trinajstić information content (AvgIpc) is 2.18. The molecule has 1 aromatic rings. The second-order valence-electron chi connectivity index (χ2n) is 3.28. The van der Waals surface area contributed by atoms with Gasteiger partial charge < -0.3 is 10.5 Å². The summed E-state index contributed by atoms with van der Waals surface area (Å²) in [5, 5.41) is 0. The summed E-state index contributed by atoms with van der Waals surface area (Å²) >= 11 is 0. The molecule has 0 saturated carbocycles. The highest BCUT2D eigenvalue weighted by molar-refractivity contribution is 7.90. The molecule has 1 aromatic carbocycles. The third-order valence-electron chi connectivity index (χ3n) is 2.03. The molecule has 84 valence electrons. The van der Waals surface area contributed by atoms with Gasteiger partial charge in [0, 0.05) is 12.8 Å². The molecule has 2 N–H and O–H groups in total. The first kappa shape index (κ1) is 12.0. The van der Waals surface area contributed by atoms with E-state index in [0.717, 1.165) is 0 Å². The molecule has 15 heavy (non-hydrogen) atoms. The lowest BCUT2D eigenvalue weighted by Crippen LogP contribution is -2.14. The Balaban J connectivity index is 2.74. The number of para-hydroxylation sites is 1. The minimum atomic E-state index is -3.12. The van der Waals surface area contributed by atoms with Crippen molar-refractivity contribution in [3.05, 3.63) is 29.8 Å².